The average molecular weight is 474 g/mol. The van der Waals surface area contributed by atoms with E-state index < -0.39 is 27.4 Å². The minimum Gasteiger partial charge on any atom is -0.494 e. The number of nitrogens with one attached hydrogen (secondary N) is 1. The molecule has 0 unspecified atom stereocenters. The van der Waals surface area contributed by atoms with E-state index in [1.807, 2.05) is 61.5 Å². The first-order valence-corrected chi connectivity index (χ1v) is 12.6. The van der Waals surface area contributed by atoms with Gasteiger partial charge in [0.15, 0.2) is 0 Å². The molecule has 1 fully saturated rings. The van der Waals surface area contributed by atoms with Crippen LogP contribution in [0.3, 0.4) is 0 Å². The predicted octanol–water partition coefficient (Wildman–Crippen LogP) is 2.15. The summed E-state index contributed by atoms with van der Waals surface area (Å²) in [5, 5.41) is 2.89. The van der Waals surface area contributed by atoms with E-state index in [1.165, 1.54) is 11.8 Å². The van der Waals surface area contributed by atoms with Gasteiger partial charge in [0.2, 0.25) is 21.8 Å². The first-order chi connectivity index (χ1) is 15.7. The molecule has 0 radical (unpaired) electrons. The van der Waals surface area contributed by atoms with Gasteiger partial charge in [-0.15, -0.1) is 0 Å². The van der Waals surface area contributed by atoms with E-state index in [-0.39, 0.29) is 31.9 Å². The van der Waals surface area contributed by atoms with Crippen LogP contribution in [-0.2, 0) is 32.7 Å². The van der Waals surface area contributed by atoms with Crippen LogP contribution < -0.4 is 10.1 Å². The van der Waals surface area contributed by atoms with Crippen LogP contribution in [0.5, 0.6) is 5.75 Å². The lowest BCUT2D eigenvalue weighted by atomic mass is 9.94. The molecule has 3 rings (SSSR count). The topological polar surface area (TPSA) is 96.0 Å². The Labute approximate surface area is 195 Å². The maximum absolute atomic E-state index is 13.4. The number of rotatable bonds is 9. The fourth-order valence-corrected chi connectivity index (χ4v) is 4.96. The monoisotopic (exact) mass is 473 g/mol. The Balaban J connectivity index is 1.87. The maximum Gasteiger partial charge on any atom is 0.247 e. The maximum atomic E-state index is 13.4. The molecule has 1 aliphatic rings. The number of benzene rings is 2. The van der Waals surface area contributed by atoms with Gasteiger partial charge >= 0.3 is 0 Å². The van der Waals surface area contributed by atoms with Gasteiger partial charge in [-0.2, -0.15) is 4.31 Å². The number of ether oxygens (including phenoxy) is 1. The molecule has 33 heavy (non-hydrogen) atoms. The molecule has 178 valence electrons. The number of nitrogens with zero attached hydrogens (tertiary/aromatic N) is 2. The molecular weight excluding hydrogens is 442 g/mol. The van der Waals surface area contributed by atoms with Crippen LogP contribution in [0, 0.1) is 0 Å². The van der Waals surface area contributed by atoms with Gasteiger partial charge in [-0.25, -0.2) is 8.42 Å². The lowest BCUT2D eigenvalue weighted by Gasteiger charge is -2.46. The van der Waals surface area contributed by atoms with Crippen molar-refractivity contribution in [3.05, 3.63) is 65.7 Å². The Morgan fingerprint density at radius 1 is 1.06 bits per heavy atom. The Hall–Kier alpha value is -2.91. The number of hydrogen-bond donors (Lipinski definition) is 1. The molecule has 1 N–H and O–H groups in total. The fraction of sp³-hybridized carbons (Fsp3) is 0.417. The van der Waals surface area contributed by atoms with Gasteiger partial charge in [0.25, 0.3) is 0 Å². The van der Waals surface area contributed by atoms with E-state index in [4.69, 9.17) is 4.74 Å². The van der Waals surface area contributed by atoms with Crippen molar-refractivity contribution in [2.24, 2.45) is 0 Å². The van der Waals surface area contributed by atoms with Crippen LogP contribution in [0.15, 0.2) is 54.6 Å². The molecule has 2 aromatic carbocycles. The van der Waals surface area contributed by atoms with Gasteiger partial charge in [0, 0.05) is 19.6 Å². The Kier molecular flexibility index (Phi) is 7.76. The van der Waals surface area contributed by atoms with E-state index in [1.54, 1.807) is 6.92 Å². The second kappa shape index (κ2) is 10.4. The summed E-state index contributed by atoms with van der Waals surface area (Å²) in [4.78, 5) is 28.0. The Morgan fingerprint density at radius 3 is 2.33 bits per heavy atom. The normalized spacial score (nSPS) is 19.4. The lowest BCUT2D eigenvalue weighted by Crippen LogP contribution is -2.69. The van der Waals surface area contributed by atoms with Crippen molar-refractivity contribution >= 4 is 21.8 Å². The highest BCUT2D eigenvalue weighted by molar-refractivity contribution is 7.89. The van der Waals surface area contributed by atoms with Crippen molar-refractivity contribution < 1.29 is 22.7 Å². The molecule has 2 aromatic rings. The summed E-state index contributed by atoms with van der Waals surface area (Å²) in [6, 6.07) is 16.7. The van der Waals surface area contributed by atoms with E-state index in [9.17, 15) is 18.0 Å². The molecule has 2 amide bonds. The molecule has 9 heteroatoms. The van der Waals surface area contributed by atoms with E-state index in [0.717, 1.165) is 21.2 Å². The second-order valence-corrected chi connectivity index (χ2v) is 10.4. The number of piperazine rings is 1. The summed E-state index contributed by atoms with van der Waals surface area (Å²) in [5.74, 6) is -0.234. The SMILES string of the molecule is CCOc1ccc(CN2C(=O)CN(S(=O)(=O)CC)C[C@]2(C)C(=O)NCc2ccccc2)cc1. The first-order valence-electron chi connectivity index (χ1n) is 11.0. The van der Waals surface area contributed by atoms with Crippen molar-refractivity contribution in [3.8, 4) is 5.75 Å². The van der Waals surface area contributed by atoms with Gasteiger partial charge in [-0.05, 0) is 44.0 Å². The number of carbonyl (C=O) groups excluding carboxylic acids is 2. The summed E-state index contributed by atoms with van der Waals surface area (Å²) in [6.07, 6.45) is 0. The number of sulfonamides is 1. The molecule has 0 saturated carbocycles. The average Bonchev–Trinajstić information content (AvgIpc) is 2.81. The lowest BCUT2D eigenvalue weighted by molar-refractivity contribution is -0.153. The zero-order chi connectivity index (χ0) is 24.1. The highest BCUT2D eigenvalue weighted by Gasteiger charge is 2.49. The standard InChI is InChI=1S/C24H31N3O5S/c1-4-32-21-13-11-20(12-14-21)16-27-22(28)17-26(33(30,31)5-2)18-24(27,3)23(29)25-15-19-9-7-6-8-10-19/h6-14H,4-5,15-18H2,1-3H3,(H,25,29)/t24-/m1/s1. The van der Waals surface area contributed by atoms with Gasteiger partial charge in [-0.3, -0.25) is 9.59 Å². The largest absolute Gasteiger partial charge is 0.494 e. The minimum atomic E-state index is -3.64. The highest BCUT2D eigenvalue weighted by Crippen LogP contribution is 2.28. The molecule has 0 aromatic heterocycles. The van der Waals surface area contributed by atoms with Crippen LogP contribution in [-0.4, -0.2) is 60.4 Å². The molecular formula is C24H31N3O5S. The van der Waals surface area contributed by atoms with E-state index >= 15 is 0 Å². The summed E-state index contributed by atoms with van der Waals surface area (Å²) in [6.45, 7) is 5.67. The van der Waals surface area contributed by atoms with Crippen molar-refractivity contribution in [1.82, 2.24) is 14.5 Å². The first kappa shape index (κ1) is 24.7. The Morgan fingerprint density at radius 2 is 1.73 bits per heavy atom. The molecule has 0 spiro atoms. The molecule has 1 saturated heterocycles. The molecule has 0 aliphatic carbocycles. The zero-order valence-electron chi connectivity index (χ0n) is 19.3. The van der Waals surface area contributed by atoms with Crippen molar-refractivity contribution in [2.45, 2.75) is 39.4 Å². The molecule has 1 heterocycles. The van der Waals surface area contributed by atoms with Gasteiger partial charge in [0.1, 0.15) is 11.3 Å². The third-order valence-corrected chi connectivity index (χ3v) is 7.59. The predicted molar refractivity (Wildman–Crippen MR) is 126 cm³/mol. The highest BCUT2D eigenvalue weighted by atomic mass is 32.2. The van der Waals surface area contributed by atoms with Gasteiger partial charge < -0.3 is 15.0 Å². The summed E-state index contributed by atoms with van der Waals surface area (Å²) >= 11 is 0. The molecule has 1 atom stereocenters. The zero-order valence-corrected chi connectivity index (χ0v) is 20.1. The van der Waals surface area contributed by atoms with Crippen LogP contribution in [0.2, 0.25) is 0 Å². The van der Waals surface area contributed by atoms with E-state index in [2.05, 4.69) is 5.32 Å². The van der Waals surface area contributed by atoms with Crippen LogP contribution in [0.4, 0.5) is 0 Å². The van der Waals surface area contributed by atoms with E-state index in [0.29, 0.717) is 6.61 Å². The van der Waals surface area contributed by atoms with Crippen molar-refractivity contribution in [3.63, 3.8) is 0 Å². The Bertz CT molecular complexity index is 1070. The summed E-state index contributed by atoms with van der Waals surface area (Å²) in [5.41, 5.74) is 0.360. The number of amides is 2. The fourth-order valence-electron chi connectivity index (χ4n) is 3.84. The third kappa shape index (κ3) is 5.72. The third-order valence-electron chi connectivity index (χ3n) is 5.81. The molecule has 1 aliphatic heterocycles. The van der Waals surface area contributed by atoms with Gasteiger partial charge in [0.05, 0.1) is 18.9 Å². The van der Waals surface area contributed by atoms with Crippen molar-refractivity contribution in [1.29, 1.82) is 0 Å². The van der Waals surface area contributed by atoms with Crippen LogP contribution >= 0.6 is 0 Å². The number of hydrogen-bond acceptors (Lipinski definition) is 5. The quantitative estimate of drug-likeness (QED) is 0.602. The van der Waals surface area contributed by atoms with Crippen LogP contribution in [0.1, 0.15) is 31.9 Å². The number of carbonyl (C=O) groups is 2. The van der Waals surface area contributed by atoms with Crippen molar-refractivity contribution in [2.75, 3.05) is 25.4 Å². The molecule has 0 bridgehead atoms. The summed E-state index contributed by atoms with van der Waals surface area (Å²) in [7, 11) is -3.64. The second-order valence-electron chi connectivity index (χ2n) is 8.17. The molecule has 8 nitrogen and oxygen atoms in total. The summed E-state index contributed by atoms with van der Waals surface area (Å²) < 4.78 is 31.7. The van der Waals surface area contributed by atoms with Crippen LogP contribution in [0.25, 0.3) is 0 Å². The smallest absolute Gasteiger partial charge is 0.247 e. The van der Waals surface area contributed by atoms with Gasteiger partial charge in [-0.1, -0.05) is 42.5 Å². The minimum absolute atomic E-state index is 0.105.